The van der Waals surface area contributed by atoms with Crippen molar-refractivity contribution < 1.29 is 17.9 Å². The summed E-state index contributed by atoms with van der Waals surface area (Å²) in [5, 5.41) is 5.67. The van der Waals surface area contributed by atoms with Crippen molar-refractivity contribution in [2.24, 2.45) is 0 Å². The van der Waals surface area contributed by atoms with Crippen LogP contribution in [0.1, 0.15) is 16.3 Å². The van der Waals surface area contributed by atoms with Crippen LogP contribution in [0, 0.1) is 6.92 Å². The molecule has 0 unspecified atom stereocenters. The van der Waals surface area contributed by atoms with E-state index >= 15 is 0 Å². The van der Waals surface area contributed by atoms with Crippen LogP contribution in [0.4, 0.5) is 5.69 Å². The van der Waals surface area contributed by atoms with Gasteiger partial charge in [-0.3, -0.25) is 4.79 Å². The maximum atomic E-state index is 12.0. The number of hydrogen-bond donors (Lipinski definition) is 1. The van der Waals surface area contributed by atoms with Crippen LogP contribution in [0.15, 0.2) is 64.9 Å². The summed E-state index contributed by atoms with van der Waals surface area (Å²) in [7, 11) is -3.26. The molecule has 0 atom stereocenters. The van der Waals surface area contributed by atoms with Crippen LogP contribution in [-0.4, -0.2) is 25.6 Å². The number of hydrogen-bond acceptors (Lipinski definition) is 6. The Morgan fingerprint density at radius 3 is 2.41 bits per heavy atom. The average Bonchev–Trinajstić information content (AvgIpc) is 3.10. The summed E-state index contributed by atoms with van der Waals surface area (Å²) in [4.78, 5) is 16.6. The summed E-state index contributed by atoms with van der Waals surface area (Å²) < 4.78 is 28.6. The number of nitrogens with one attached hydrogen (secondary N) is 1. The summed E-state index contributed by atoms with van der Waals surface area (Å²) in [6, 6.07) is 13.4. The van der Waals surface area contributed by atoms with Gasteiger partial charge in [0.1, 0.15) is 12.4 Å². The summed E-state index contributed by atoms with van der Waals surface area (Å²) in [5.74, 6) is 0.416. The van der Waals surface area contributed by atoms with Crippen molar-refractivity contribution in [3.05, 3.63) is 76.3 Å². The van der Waals surface area contributed by atoms with Gasteiger partial charge in [0.25, 0.3) is 0 Å². The highest BCUT2D eigenvalue weighted by atomic mass is 32.2. The number of ether oxygens (including phenoxy) is 1. The Labute approximate surface area is 173 Å². The van der Waals surface area contributed by atoms with E-state index in [4.69, 9.17) is 4.74 Å². The highest BCUT2D eigenvalue weighted by molar-refractivity contribution is 7.90. The summed E-state index contributed by atoms with van der Waals surface area (Å²) in [6.07, 6.45) is 4.24. The van der Waals surface area contributed by atoms with Crippen molar-refractivity contribution >= 4 is 38.8 Å². The molecule has 0 bridgehead atoms. The zero-order valence-corrected chi connectivity index (χ0v) is 17.6. The maximum absolute atomic E-state index is 12.0. The molecule has 2 aromatic carbocycles. The zero-order chi connectivity index (χ0) is 20.9. The van der Waals surface area contributed by atoms with Crippen molar-refractivity contribution in [1.82, 2.24) is 4.98 Å². The fourth-order valence-corrected chi connectivity index (χ4v) is 3.68. The fraction of sp³-hybridized carbons (Fsp3) is 0.143. The molecule has 1 amide bonds. The van der Waals surface area contributed by atoms with Gasteiger partial charge < -0.3 is 10.1 Å². The largest absolute Gasteiger partial charge is 0.487 e. The molecule has 6 nitrogen and oxygen atoms in total. The molecule has 1 heterocycles. The van der Waals surface area contributed by atoms with E-state index in [1.54, 1.807) is 29.5 Å². The normalized spacial score (nSPS) is 11.5. The van der Waals surface area contributed by atoms with E-state index in [0.717, 1.165) is 28.3 Å². The molecule has 1 aromatic heterocycles. The second-order valence-electron chi connectivity index (χ2n) is 6.33. The van der Waals surface area contributed by atoms with Gasteiger partial charge in [-0.05, 0) is 55.0 Å². The predicted molar refractivity (Wildman–Crippen MR) is 115 cm³/mol. The molecule has 0 aliphatic carbocycles. The van der Waals surface area contributed by atoms with Crippen molar-refractivity contribution in [2.45, 2.75) is 18.4 Å². The minimum Gasteiger partial charge on any atom is -0.487 e. The summed E-state index contributed by atoms with van der Waals surface area (Å²) in [6.45, 7) is 2.37. The smallest absolute Gasteiger partial charge is 0.248 e. The minimum absolute atomic E-state index is 0.207. The molecule has 0 aliphatic heterocycles. The van der Waals surface area contributed by atoms with Gasteiger partial charge in [-0.2, -0.15) is 0 Å². The number of aromatic nitrogens is 1. The Hall–Kier alpha value is -2.97. The van der Waals surface area contributed by atoms with Crippen molar-refractivity contribution in [3.8, 4) is 5.75 Å². The number of nitrogens with zero attached hydrogens (tertiary/aromatic N) is 1. The number of amides is 1. The molecule has 0 saturated heterocycles. The molecule has 1 N–H and O–H groups in total. The van der Waals surface area contributed by atoms with E-state index in [1.165, 1.54) is 18.2 Å². The van der Waals surface area contributed by atoms with Crippen LogP contribution in [0.25, 0.3) is 6.08 Å². The lowest BCUT2D eigenvalue weighted by Gasteiger charge is -2.05. The third-order valence-electron chi connectivity index (χ3n) is 3.91. The maximum Gasteiger partial charge on any atom is 0.248 e. The Bertz CT molecular complexity index is 1120. The van der Waals surface area contributed by atoms with Gasteiger partial charge in [0, 0.05) is 23.4 Å². The standard InChI is InChI=1S/C21H20N2O4S2/c1-15-22-18(14-28-15)13-27-19-8-3-16(4-9-19)5-12-21(24)23-17-6-10-20(11-7-17)29(2,25)26/h3-12,14H,13H2,1-2H3,(H,23,24)/b12-5+. The highest BCUT2D eigenvalue weighted by Gasteiger charge is 2.06. The number of sulfone groups is 1. The lowest BCUT2D eigenvalue weighted by molar-refractivity contribution is -0.111. The van der Waals surface area contributed by atoms with E-state index in [0.29, 0.717) is 12.3 Å². The van der Waals surface area contributed by atoms with E-state index in [-0.39, 0.29) is 10.8 Å². The van der Waals surface area contributed by atoms with E-state index in [2.05, 4.69) is 10.3 Å². The van der Waals surface area contributed by atoms with Gasteiger partial charge in [-0.1, -0.05) is 12.1 Å². The number of aryl methyl sites for hydroxylation is 1. The van der Waals surface area contributed by atoms with Crippen LogP contribution in [0.3, 0.4) is 0 Å². The predicted octanol–water partition coefficient (Wildman–Crippen LogP) is 4.09. The lowest BCUT2D eigenvalue weighted by Crippen LogP contribution is -2.08. The lowest BCUT2D eigenvalue weighted by atomic mass is 10.2. The quantitative estimate of drug-likeness (QED) is 0.573. The van der Waals surface area contributed by atoms with Gasteiger partial charge in [0.05, 0.1) is 15.6 Å². The average molecular weight is 429 g/mol. The van der Waals surface area contributed by atoms with Crippen LogP contribution >= 0.6 is 11.3 Å². The Balaban J connectivity index is 1.53. The molecule has 29 heavy (non-hydrogen) atoms. The molecular formula is C21H20N2O4S2. The fourth-order valence-electron chi connectivity index (χ4n) is 2.45. The summed E-state index contributed by atoms with van der Waals surface area (Å²) in [5.41, 5.74) is 2.27. The van der Waals surface area contributed by atoms with Crippen molar-refractivity contribution in [1.29, 1.82) is 0 Å². The Kier molecular flexibility index (Phi) is 6.46. The van der Waals surface area contributed by atoms with E-state index in [9.17, 15) is 13.2 Å². The Morgan fingerprint density at radius 2 is 1.83 bits per heavy atom. The Morgan fingerprint density at radius 1 is 1.14 bits per heavy atom. The van der Waals surface area contributed by atoms with Gasteiger partial charge >= 0.3 is 0 Å². The first-order valence-electron chi connectivity index (χ1n) is 8.73. The second-order valence-corrected chi connectivity index (χ2v) is 9.41. The SMILES string of the molecule is Cc1nc(COc2ccc(/C=C/C(=O)Nc3ccc(S(C)(=O)=O)cc3)cc2)cs1. The first-order chi connectivity index (χ1) is 13.8. The first-order valence-corrected chi connectivity index (χ1v) is 11.5. The molecule has 0 aliphatic rings. The van der Waals surface area contributed by atoms with Crippen LogP contribution in [-0.2, 0) is 21.2 Å². The molecule has 3 rings (SSSR count). The number of rotatable bonds is 7. The third-order valence-corrected chi connectivity index (χ3v) is 5.86. The van der Waals surface area contributed by atoms with Crippen molar-refractivity contribution in [2.75, 3.05) is 11.6 Å². The third kappa shape index (κ3) is 6.27. The number of benzene rings is 2. The first kappa shape index (κ1) is 20.8. The number of carbonyl (C=O) groups is 1. The molecule has 150 valence electrons. The minimum atomic E-state index is -3.26. The number of anilines is 1. The van der Waals surface area contributed by atoms with Gasteiger partial charge in [-0.15, -0.1) is 11.3 Å². The van der Waals surface area contributed by atoms with Crippen LogP contribution in [0.5, 0.6) is 5.75 Å². The molecule has 0 radical (unpaired) electrons. The molecular weight excluding hydrogens is 408 g/mol. The molecule has 0 fully saturated rings. The topological polar surface area (TPSA) is 85.4 Å². The zero-order valence-electron chi connectivity index (χ0n) is 16.0. The highest BCUT2D eigenvalue weighted by Crippen LogP contribution is 2.17. The van der Waals surface area contributed by atoms with Crippen molar-refractivity contribution in [3.63, 3.8) is 0 Å². The number of carbonyl (C=O) groups excluding carboxylic acids is 1. The van der Waals surface area contributed by atoms with Crippen LogP contribution < -0.4 is 10.1 Å². The molecule has 0 saturated carbocycles. The van der Waals surface area contributed by atoms with Crippen LogP contribution in [0.2, 0.25) is 0 Å². The molecule has 8 heteroatoms. The van der Waals surface area contributed by atoms with Gasteiger partial charge in [0.15, 0.2) is 9.84 Å². The second kappa shape index (κ2) is 9.02. The monoisotopic (exact) mass is 428 g/mol. The van der Waals surface area contributed by atoms with E-state index < -0.39 is 9.84 Å². The van der Waals surface area contributed by atoms with Gasteiger partial charge in [-0.25, -0.2) is 13.4 Å². The van der Waals surface area contributed by atoms with E-state index in [1.807, 2.05) is 36.6 Å². The summed E-state index contributed by atoms with van der Waals surface area (Å²) >= 11 is 1.59. The molecule has 0 spiro atoms. The van der Waals surface area contributed by atoms with Gasteiger partial charge in [0.2, 0.25) is 5.91 Å². The molecule has 3 aromatic rings. The number of thiazole rings is 1.